The summed E-state index contributed by atoms with van der Waals surface area (Å²) in [6.45, 7) is 5.48. The Bertz CT molecular complexity index is 754. The number of fused-ring (bicyclic) bond motifs is 5. The molecule has 4 aliphatic carbocycles. The molecule has 148 valence electrons. The van der Waals surface area contributed by atoms with Gasteiger partial charge in [-0.1, -0.05) is 32.4 Å². The molecule has 0 aromatic rings. The molecule has 3 fully saturated rings. The van der Waals surface area contributed by atoms with Crippen molar-refractivity contribution in [3.05, 3.63) is 23.8 Å². The lowest BCUT2D eigenvalue weighted by Crippen LogP contribution is -2.62. The fraction of sp³-hybridized carbons (Fsp3) is 0.727. The molecule has 0 radical (unpaired) electrons. The van der Waals surface area contributed by atoms with E-state index in [1.807, 2.05) is 13.0 Å². The lowest BCUT2D eigenvalue weighted by molar-refractivity contribution is -0.180. The minimum absolute atomic E-state index is 0.00620. The van der Waals surface area contributed by atoms with Crippen molar-refractivity contribution in [2.24, 2.45) is 34.5 Å². The van der Waals surface area contributed by atoms with E-state index < -0.39 is 29.5 Å². The first-order valence-electron chi connectivity index (χ1n) is 10.1. The number of aliphatic hydroxyl groups is 3. The second kappa shape index (κ2) is 5.85. The van der Waals surface area contributed by atoms with E-state index in [9.17, 15) is 24.9 Å². The van der Waals surface area contributed by atoms with Gasteiger partial charge >= 0.3 is 0 Å². The Hall–Kier alpha value is -1.30. The van der Waals surface area contributed by atoms with Gasteiger partial charge in [0, 0.05) is 16.7 Å². The highest BCUT2D eigenvalue weighted by molar-refractivity contribution is 6.01. The zero-order chi connectivity index (χ0) is 19.8. The average molecular weight is 374 g/mol. The maximum Gasteiger partial charge on any atom is 0.190 e. The number of allylic oxidation sites excluding steroid dienone is 4. The zero-order valence-electron chi connectivity index (χ0n) is 16.3. The van der Waals surface area contributed by atoms with Crippen LogP contribution in [-0.4, -0.2) is 45.2 Å². The monoisotopic (exact) mass is 374 g/mol. The molecule has 3 saturated carbocycles. The number of carbonyl (C=O) groups is 2. The van der Waals surface area contributed by atoms with Gasteiger partial charge in [-0.15, -0.1) is 0 Å². The SMILES string of the molecule is C[C@H]1C[C@@H]2[C@H]([C@@H](O)C[C@@]3(C)[C@H]2CC[C@@]3(O)C(=O)CO)[C@@]2(C)C=CC(=O)C=C12. The minimum Gasteiger partial charge on any atom is -0.393 e. The van der Waals surface area contributed by atoms with E-state index in [1.165, 1.54) is 0 Å². The van der Waals surface area contributed by atoms with Crippen molar-refractivity contribution in [1.82, 2.24) is 0 Å². The van der Waals surface area contributed by atoms with Crippen LogP contribution in [0.2, 0.25) is 0 Å². The number of Topliss-reactive ketones (excluding diaryl/α,β-unsaturated/α-hetero) is 1. The fourth-order valence-corrected chi connectivity index (χ4v) is 7.34. The summed E-state index contributed by atoms with van der Waals surface area (Å²) in [4.78, 5) is 24.4. The second-order valence-electron chi connectivity index (χ2n) is 9.72. The normalized spacial score (nSPS) is 51.3. The Morgan fingerprint density at radius 1 is 1.33 bits per heavy atom. The van der Waals surface area contributed by atoms with E-state index in [1.54, 1.807) is 12.2 Å². The fourth-order valence-electron chi connectivity index (χ4n) is 7.34. The van der Waals surface area contributed by atoms with E-state index in [0.29, 0.717) is 12.8 Å². The van der Waals surface area contributed by atoms with Crippen LogP contribution in [0.15, 0.2) is 23.8 Å². The van der Waals surface area contributed by atoms with Gasteiger partial charge in [-0.25, -0.2) is 0 Å². The summed E-state index contributed by atoms with van der Waals surface area (Å²) in [6, 6.07) is 0. The van der Waals surface area contributed by atoms with E-state index >= 15 is 0 Å². The molecule has 0 amide bonds. The molecule has 0 aliphatic heterocycles. The van der Waals surface area contributed by atoms with Crippen molar-refractivity contribution in [2.45, 2.75) is 58.2 Å². The Labute approximate surface area is 160 Å². The molecule has 4 rings (SSSR count). The molecule has 5 heteroatoms. The highest BCUT2D eigenvalue weighted by Gasteiger charge is 2.68. The summed E-state index contributed by atoms with van der Waals surface area (Å²) >= 11 is 0. The molecule has 0 aromatic heterocycles. The van der Waals surface area contributed by atoms with Gasteiger partial charge in [-0.3, -0.25) is 9.59 Å². The topological polar surface area (TPSA) is 94.8 Å². The van der Waals surface area contributed by atoms with Crippen LogP contribution in [0.25, 0.3) is 0 Å². The highest BCUT2D eigenvalue weighted by atomic mass is 16.3. The van der Waals surface area contributed by atoms with E-state index in [-0.39, 0.29) is 34.9 Å². The minimum atomic E-state index is -1.57. The van der Waals surface area contributed by atoms with Crippen LogP contribution in [0.3, 0.4) is 0 Å². The first-order valence-corrected chi connectivity index (χ1v) is 10.1. The van der Waals surface area contributed by atoms with E-state index in [2.05, 4.69) is 13.8 Å². The number of carbonyl (C=O) groups excluding carboxylic acids is 2. The summed E-state index contributed by atoms with van der Waals surface area (Å²) in [7, 11) is 0. The molecule has 0 saturated heterocycles. The molecule has 0 unspecified atom stereocenters. The number of ketones is 2. The smallest absolute Gasteiger partial charge is 0.190 e. The Morgan fingerprint density at radius 3 is 2.70 bits per heavy atom. The molecule has 3 N–H and O–H groups in total. The third-order valence-corrected chi connectivity index (χ3v) is 8.57. The second-order valence-corrected chi connectivity index (χ2v) is 9.72. The first-order chi connectivity index (χ1) is 12.6. The van der Waals surface area contributed by atoms with Crippen molar-refractivity contribution in [1.29, 1.82) is 0 Å². The first kappa shape index (κ1) is 19.0. The van der Waals surface area contributed by atoms with Gasteiger partial charge in [-0.2, -0.15) is 0 Å². The van der Waals surface area contributed by atoms with Gasteiger partial charge in [0.25, 0.3) is 0 Å². The maximum atomic E-state index is 12.4. The molecular formula is C22H30O5. The molecular weight excluding hydrogens is 344 g/mol. The van der Waals surface area contributed by atoms with Crippen LogP contribution in [0.5, 0.6) is 0 Å². The van der Waals surface area contributed by atoms with Crippen LogP contribution < -0.4 is 0 Å². The van der Waals surface area contributed by atoms with Gasteiger partial charge in [0.2, 0.25) is 0 Å². The van der Waals surface area contributed by atoms with Crippen molar-refractivity contribution < 1.29 is 24.9 Å². The standard InChI is InChI=1S/C22H30O5/c1-12-8-14-15-5-7-22(27,18(26)11-23)21(15,3)10-17(25)19(14)20(2)6-4-13(24)9-16(12)20/h4,6,9,12,14-15,17,19,23,25,27H,5,7-8,10-11H2,1-3H3/t12-,14-,15-,17-,19+,20-,21-,22+/m0/s1. The van der Waals surface area contributed by atoms with Crippen molar-refractivity contribution in [2.75, 3.05) is 6.61 Å². The van der Waals surface area contributed by atoms with Crippen molar-refractivity contribution in [3.8, 4) is 0 Å². The summed E-state index contributed by atoms with van der Waals surface area (Å²) in [5.74, 6) is -0.0768. The quantitative estimate of drug-likeness (QED) is 0.685. The van der Waals surface area contributed by atoms with Gasteiger partial charge < -0.3 is 15.3 Å². The molecule has 5 nitrogen and oxygen atoms in total. The predicted octanol–water partition coefficient (Wildman–Crippen LogP) is 1.80. The highest BCUT2D eigenvalue weighted by Crippen LogP contribution is 2.67. The van der Waals surface area contributed by atoms with Crippen LogP contribution >= 0.6 is 0 Å². The van der Waals surface area contributed by atoms with E-state index in [0.717, 1.165) is 18.4 Å². The summed E-state index contributed by atoms with van der Waals surface area (Å²) in [5, 5.41) is 31.9. The van der Waals surface area contributed by atoms with Crippen LogP contribution in [0, 0.1) is 34.5 Å². The predicted molar refractivity (Wildman–Crippen MR) is 99.6 cm³/mol. The molecule has 8 atom stereocenters. The molecule has 0 bridgehead atoms. The van der Waals surface area contributed by atoms with Crippen LogP contribution in [0.4, 0.5) is 0 Å². The molecule has 0 heterocycles. The number of hydrogen-bond donors (Lipinski definition) is 3. The number of rotatable bonds is 2. The summed E-state index contributed by atoms with van der Waals surface area (Å²) in [6.07, 6.45) is 6.87. The summed E-state index contributed by atoms with van der Waals surface area (Å²) < 4.78 is 0. The third-order valence-electron chi connectivity index (χ3n) is 8.57. The van der Waals surface area contributed by atoms with E-state index in [4.69, 9.17) is 0 Å². The van der Waals surface area contributed by atoms with Gasteiger partial charge in [0.05, 0.1) is 6.10 Å². The lowest BCUT2D eigenvalue weighted by Gasteiger charge is -2.60. The van der Waals surface area contributed by atoms with Gasteiger partial charge in [-0.05, 0) is 55.6 Å². The maximum absolute atomic E-state index is 12.4. The average Bonchev–Trinajstić information content (AvgIpc) is 2.87. The Kier molecular flexibility index (Phi) is 4.12. The lowest BCUT2D eigenvalue weighted by atomic mass is 9.45. The van der Waals surface area contributed by atoms with Crippen LogP contribution in [0.1, 0.15) is 46.5 Å². The van der Waals surface area contributed by atoms with Crippen molar-refractivity contribution in [3.63, 3.8) is 0 Å². The summed E-state index contributed by atoms with van der Waals surface area (Å²) in [5.41, 5.74) is -1.59. The zero-order valence-corrected chi connectivity index (χ0v) is 16.3. The van der Waals surface area contributed by atoms with Crippen LogP contribution in [-0.2, 0) is 9.59 Å². The van der Waals surface area contributed by atoms with Gasteiger partial charge in [0.1, 0.15) is 12.2 Å². The van der Waals surface area contributed by atoms with Gasteiger partial charge in [0.15, 0.2) is 11.6 Å². The third kappa shape index (κ3) is 2.28. The molecule has 0 spiro atoms. The molecule has 0 aromatic carbocycles. The Balaban J connectivity index is 1.78. The molecule has 27 heavy (non-hydrogen) atoms. The number of aliphatic hydroxyl groups excluding tert-OH is 2. The number of hydrogen-bond acceptors (Lipinski definition) is 5. The molecule has 4 aliphatic rings. The van der Waals surface area contributed by atoms with Crippen molar-refractivity contribution >= 4 is 11.6 Å². The Morgan fingerprint density at radius 2 is 2.04 bits per heavy atom. The largest absolute Gasteiger partial charge is 0.393 e.